The van der Waals surface area contributed by atoms with Crippen LogP contribution < -0.4 is 5.32 Å². The van der Waals surface area contributed by atoms with Crippen LogP contribution in [0, 0.1) is 0 Å². The van der Waals surface area contributed by atoms with Crippen LogP contribution >= 0.6 is 0 Å². The number of carbonyl (C=O) groups is 1. The summed E-state index contributed by atoms with van der Waals surface area (Å²) in [5.74, 6) is -0.702. The van der Waals surface area contributed by atoms with Crippen LogP contribution in [0.5, 0.6) is 0 Å². The van der Waals surface area contributed by atoms with Gasteiger partial charge < -0.3 is 14.8 Å². The summed E-state index contributed by atoms with van der Waals surface area (Å²) in [6.07, 6.45) is 0. The number of furan rings is 1. The highest BCUT2D eigenvalue weighted by atomic mass is 32.2. The zero-order chi connectivity index (χ0) is 14.8. The van der Waals surface area contributed by atoms with Gasteiger partial charge in [-0.15, -0.1) is 0 Å². The molecule has 108 valence electrons. The lowest BCUT2D eigenvalue weighted by molar-refractivity contribution is 0.0678. The molecule has 1 amide bonds. The highest BCUT2D eigenvalue weighted by Gasteiger charge is 2.24. The second kappa shape index (κ2) is 5.32. The van der Waals surface area contributed by atoms with Crippen molar-refractivity contribution in [3.63, 3.8) is 0 Å². The van der Waals surface area contributed by atoms with Crippen molar-refractivity contribution in [2.75, 3.05) is 20.6 Å². The summed E-state index contributed by atoms with van der Waals surface area (Å²) >= 11 is 0. The molecule has 0 unspecified atom stereocenters. The van der Waals surface area contributed by atoms with E-state index in [0.29, 0.717) is 0 Å². The smallest absolute Gasteiger partial charge is 0.287 e. The second-order valence-corrected chi connectivity index (χ2v) is 6.98. The molecule has 2 N–H and O–H groups in total. The van der Waals surface area contributed by atoms with E-state index in [4.69, 9.17) is 4.42 Å². The summed E-state index contributed by atoms with van der Waals surface area (Å²) in [7, 11) is -0.962. The van der Waals surface area contributed by atoms with Crippen LogP contribution in [-0.2, 0) is 10.0 Å². The van der Waals surface area contributed by atoms with E-state index in [0.717, 1.165) is 4.31 Å². The Morgan fingerprint density at radius 1 is 1.42 bits per heavy atom. The Hall–Kier alpha value is -1.38. The third kappa shape index (κ3) is 4.05. The summed E-state index contributed by atoms with van der Waals surface area (Å²) in [6.45, 7) is 3.11. The Balaban J connectivity index is 2.84. The van der Waals surface area contributed by atoms with E-state index in [1.807, 2.05) is 0 Å². The summed E-state index contributed by atoms with van der Waals surface area (Å²) in [5.41, 5.74) is -1.05. The van der Waals surface area contributed by atoms with Crippen molar-refractivity contribution in [3.05, 3.63) is 17.9 Å². The third-order valence-electron chi connectivity index (χ3n) is 2.22. The van der Waals surface area contributed by atoms with Crippen LogP contribution in [0.15, 0.2) is 21.6 Å². The van der Waals surface area contributed by atoms with Gasteiger partial charge in [0, 0.05) is 20.6 Å². The molecule has 0 aliphatic rings. The van der Waals surface area contributed by atoms with Crippen molar-refractivity contribution in [2.45, 2.75) is 24.5 Å². The van der Waals surface area contributed by atoms with Gasteiger partial charge in [0.05, 0.1) is 5.60 Å². The van der Waals surface area contributed by atoms with Crippen LogP contribution in [-0.4, -0.2) is 50.0 Å². The maximum absolute atomic E-state index is 11.7. The fourth-order valence-corrected chi connectivity index (χ4v) is 1.94. The number of nitrogens with zero attached hydrogens (tertiary/aromatic N) is 1. The second-order valence-electron chi connectivity index (χ2n) is 4.90. The number of amides is 1. The molecule has 0 saturated carbocycles. The maximum atomic E-state index is 11.7. The maximum Gasteiger partial charge on any atom is 0.287 e. The Bertz CT molecular complexity index is 554. The summed E-state index contributed by atoms with van der Waals surface area (Å²) in [6, 6.07) is 2.49. The molecule has 0 aromatic carbocycles. The molecule has 0 spiro atoms. The molecular weight excluding hydrogens is 272 g/mol. The number of hydrogen-bond acceptors (Lipinski definition) is 5. The Morgan fingerprint density at radius 3 is 2.47 bits per heavy atom. The number of carbonyl (C=O) groups excluding carboxylic acids is 1. The Labute approximate surface area is 112 Å². The van der Waals surface area contributed by atoms with E-state index in [2.05, 4.69) is 5.32 Å². The summed E-state index contributed by atoms with van der Waals surface area (Å²) < 4.78 is 29.5. The molecule has 1 heterocycles. The molecule has 1 aromatic heterocycles. The quantitative estimate of drug-likeness (QED) is 0.797. The monoisotopic (exact) mass is 290 g/mol. The molecule has 0 saturated heterocycles. The molecule has 19 heavy (non-hydrogen) atoms. The van der Waals surface area contributed by atoms with Gasteiger partial charge in [0.25, 0.3) is 15.9 Å². The van der Waals surface area contributed by atoms with E-state index < -0.39 is 21.5 Å². The lowest BCUT2D eigenvalue weighted by Gasteiger charge is -2.16. The van der Waals surface area contributed by atoms with Gasteiger partial charge in [0.15, 0.2) is 5.76 Å². The fraction of sp³-hybridized carbons (Fsp3) is 0.545. The average molecular weight is 290 g/mol. The van der Waals surface area contributed by atoms with Crippen molar-refractivity contribution < 1.29 is 22.7 Å². The number of aliphatic hydroxyl groups is 1. The van der Waals surface area contributed by atoms with Crippen LogP contribution in [0.1, 0.15) is 24.4 Å². The van der Waals surface area contributed by atoms with Gasteiger partial charge in [0.1, 0.15) is 0 Å². The van der Waals surface area contributed by atoms with Crippen LogP contribution in [0.4, 0.5) is 0 Å². The minimum absolute atomic E-state index is 0.0301. The first kappa shape index (κ1) is 15.7. The van der Waals surface area contributed by atoms with E-state index in [9.17, 15) is 18.3 Å². The fourth-order valence-electron chi connectivity index (χ4n) is 1.14. The molecule has 8 heteroatoms. The lowest BCUT2D eigenvalue weighted by atomic mass is 10.1. The van der Waals surface area contributed by atoms with Crippen molar-refractivity contribution >= 4 is 15.9 Å². The molecule has 0 fully saturated rings. The predicted octanol–water partition coefficient (Wildman–Crippen LogP) is 0.0306. The van der Waals surface area contributed by atoms with Crippen LogP contribution in [0.25, 0.3) is 0 Å². The molecule has 1 aromatic rings. The molecule has 7 nitrogen and oxygen atoms in total. The summed E-state index contributed by atoms with van der Waals surface area (Å²) in [5, 5.41) is 11.6. The number of sulfonamides is 1. The van der Waals surface area contributed by atoms with Gasteiger partial charge in [0.2, 0.25) is 5.09 Å². The van der Waals surface area contributed by atoms with Crippen LogP contribution in [0.3, 0.4) is 0 Å². The third-order valence-corrected chi connectivity index (χ3v) is 3.91. The van der Waals surface area contributed by atoms with Gasteiger partial charge in [-0.2, -0.15) is 0 Å². The number of rotatable bonds is 5. The minimum Gasteiger partial charge on any atom is -0.438 e. The molecular formula is C11H18N2O5S. The molecule has 0 aliphatic carbocycles. The van der Waals surface area contributed by atoms with E-state index in [-0.39, 0.29) is 17.4 Å². The predicted molar refractivity (Wildman–Crippen MR) is 68.2 cm³/mol. The van der Waals surface area contributed by atoms with E-state index in [1.54, 1.807) is 0 Å². The standard InChI is InChI=1S/C11H18N2O5S/c1-11(2,15)7-12-10(14)8-5-6-9(18-8)19(16,17)13(3)4/h5-6,15H,7H2,1-4H3,(H,12,14). The van der Waals surface area contributed by atoms with Crippen molar-refractivity contribution in [1.82, 2.24) is 9.62 Å². The lowest BCUT2D eigenvalue weighted by Crippen LogP contribution is -2.38. The van der Waals surface area contributed by atoms with Crippen LogP contribution in [0.2, 0.25) is 0 Å². The van der Waals surface area contributed by atoms with Gasteiger partial charge in [-0.25, -0.2) is 12.7 Å². The number of nitrogens with one attached hydrogen (secondary N) is 1. The topological polar surface area (TPSA) is 99.9 Å². The van der Waals surface area contributed by atoms with Crippen molar-refractivity contribution in [3.8, 4) is 0 Å². The first-order valence-corrected chi connectivity index (χ1v) is 7.01. The first-order valence-electron chi connectivity index (χ1n) is 5.57. The molecule has 0 bridgehead atoms. The first-order chi connectivity index (χ1) is 8.54. The van der Waals surface area contributed by atoms with Crippen molar-refractivity contribution in [2.24, 2.45) is 0 Å². The highest BCUT2D eigenvalue weighted by Crippen LogP contribution is 2.16. The normalized spacial score (nSPS) is 12.7. The molecule has 1 rings (SSSR count). The largest absolute Gasteiger partial charge is 0.438 e. The van der Waals surface area contributed by atoms with Gasteiger partial charge in [-0.05, 0) is 26.0 Å². The van der Waals surface area contributed by atoms with E-state index >= 15 is 0 Å². The highest BCUT2D eigenvalue weighted by molar-refractivity contribution is 7.88. The Kier molecular flexibility index (Phi) is 4.39. The zero-order valence-corrected chi connectivity index (χ0v) is 12.1. The summed E-state index contributed by atoms with van der Waals surface area (Å²) in [4.78, 5) is 11.7. The van der Waals surface area contributed by atoms with Gasteiger partial charge in [-0.3, -0.25) is 4.79 Å². The number of hydrogen-bond donors (Lipinski definition) is 2. The van der Waals surface area contributed by atoms with Crippen molar-refractivity contribution in [1.29, 1.82) is 0 Å². The SMILES string of the molecule is CN(C)S(=O)(=O)c1ccc(C(=O)NCC(C)(C)O)o1. The van der Waals surface area contributed by atoms with Gasteiger partial charge in [-0.1, -0.05) is 0 Å². The Morgan fingerprint density at radius 2 is 2.00 bits per heavy atom. The zero-order valence-electron chi connectivity index (χ0n) is 11.3. The molecule has 0 radical (unpaired) electrons. The van der Waals surface area contributed by atoms with E-state index in [1.165, 1.54) is 40.1 Å². The molecule has 0 atom stereocenters. The minimum atomic E-state index is -3.70. The van der Waals surface area contributed by atoms with Gasteiger partial charge >= 0.3 is 0 Å². The average Bonchev–Trinajstić information content (AvgIpc) is 2.74. The molecule has 0 aliphatic heterocycles.